The van der Waals surface area contributed by atoms with Crippen LogP contribution in [0.15, 0.2) is 29.3 Å². The van der Waals surface area contributed by atoms with Gasteiger partial charge in [-0.15, -0.1) is 0 Å². The molecule has 0 unspecified atom stereocenters. The fourth-order valence-corrected chi connectivity index (χ4v) is 2.44. The number of hydrogen-bond donors (Lipinski definition) is 2. The van der Waals surface area contributed by atoms with Gasteiger partial charge in [0.15, 0.2) is 5.96 Å². The smallest absolute Gasteiger partial charge is 0.195 e. The van der Waals surface area contributed by atoms with Crippen LogP contribution in [0.25, 0.3) is 0 Å². The van der Waals surface area contributed by atoms with E-state index in [4.69, 9.17) is 9.47 Å². The van der Waals surface area contributed by atoms with Crippen molar-refractivity contribution in [3.05, 3.63) is 24.3 Å². The van der Waals surface area contributed by atoms with Crippen molar-refractivity contribution < 1.29 is 9.47 Å². The Morgan fingerprint density at radius 3 is 2.83 bits per heavy atom. The molecule has 0 aromatic heterocycles. The normalized spacial score (nSPS) is 11.3. The monoisotopic (exact) mass is 339 g/mol. The highest BCUT2D eigenvalue weighted by atomic mass is 32.2. The molecule has 1 aromatic rings. The molecule has 0 aliphatic heterocycles. The third kappa shape index (κ3) is 9.36. The van der Waals surface area contributed by atoms with Gasteiger partial charge in [0.2, 0.25) is 0 Å². The molecule has 1 rings (SSSR count). The molecule has 0 atom stereocenters. The van der Waals surface area contributed by atoms with Gasteiger partial charge in [-0.05, 0) is 37.0 Å². The predicted octanol–water partition coefficient (Wildman–Crippen LogP) is 3.23. The first-order chi connectivity index (χ1) is 11.3. The first kappa shape index (κ1) is 19.6. The number of ether oxygens (including phenoxy) is 2. The van der Waals surface area contributed by atoms with Crippen molar-refractivity contribution >= 4 is 23.4 Å². The Morgan fingerprint density at radius 1 is 1.22 bits per heavy atom. The quantitative estimate of drug-likeness (QED) is 0.368. The SMILES string of the molecule is CN=C(NCCCCSC)Nc1cccc(OCCCOC)c1. The van der Waals surface area contributed by atoms with Crippen LogP contribution in [0.3, 0.4) is 0 Å². The van der Waals surface area contributed by atoms with E-state index < -0.39 is 0 Å². The fourth-order valence-electron chi connectivity index (χ4n) is 1.95. The maximum absolute atomic E-state index is 5.71. The molecule has 0 fully saturated rings. The highest BCUT2D eigenvalue weighted by Gasteiger charge is 2.01. The molecule has 2 N–H and O–H groups in total. The summed E-state index contributed by atoms with van der Waals surface area (Å²) in [6.07, 6.45) is 5.38. The molecule has 1 aromatic carbocycles. The molecule has 0 saturated carbocycles. The van der Waals surface area contributed by atoms with Crippen molar-refractivity contribution in [2.75, 3.05) is 51.2 Å². The summed E-state index contributed by atoms with van der Waals surface area (Å²) >= 11 is 1.88. The van der Waals surface area contributed by atoms with Crippen molar-refractivity contribution in [2.24, 2.45) is 4.99 Å². The zero-order valence-electron chi connectivity index (χ0n) is 14.4. The second kappa shape index (κ2) is 13.1. The van der Waals surface area contributed by atoms with Crippen molar-refractivity contribution in [1.82, 2.24) is 5.32 Å². The number of unbranched alkanes of at least 4 members (excludes halogenated alkanes) is 1. The van der Waals surface area contributed by atoms with Gasteiger partial charge >= 0.3 is 0 Å². The summed E-state index contributed by atoms with van der Waals surface area (Å²) in [7, 11) is 3.48. The van der Waals surface area contributed by atoms with E-state index in [0.717, 1.165) is 36.8 Å². The lowest BCUT2D eigenvalue weighted by Gasteiger charge is -2.13. The lowest BCUT2D eigenvalue weighted by molar-refractivity contribution is 0.172. The highest BCUT2D eigenvalue weighted by Crippen LogP contribution is 2.17. The van der Waals surface area contributed by atoms with Crippen LogP contribution in [0.2, 0.25) is 0 Å². The van der Waals surface area contributed by atoms with Crippen molar-refractivity contribution in [3.63, 3.8) is 0 Å². The van der Waals surface area contributed by atoms with Crippen molar-refractivity contribution in [2.45, 2.75) is 19.3 Å². The predicted molar refractivity (Wildman–Crippen MR) is 101 cm³/mol. The van der Waals surface area contributed by atoms with E-state index in [9.17, 15) is 0 Å². The van der Waals surface area contributed by atoms with Crippen LogP contribution in [0.1, 0.15) is 19.3 Å². The number of methoxy groups -OCH3 is 1. The van der Waals surface area contributed by atoms with Crippen molar-refractivity contribution in [3.8, 4) is 5.75 Å². The van der Waals surface area contributed by atoms with Crippen LogP contribution in [0.5, 0.6) is 5.75 Å². The molecule has 0 spiro atoms. The lowest BCUT2D eigenvalue weighted by Crippen LogP contribution is -2.31. The maximum atomic E-state index is 5.71. The molecule has 0 heterocycles. The molecule has 5 nitrogen and oxygen atoms in total. The summed E-state index contributed by atoms with van der Waals surface area (Å²) in [4.78, 5) is 4.25. The van der Waals surface area contributed by atoms with E-state index in [1.807, 2.05) is 36.0 Å². The zero-order valence-corrected chi connectivity index (χ0v) is 15.2. The Kier molecular flexibility index (Phi) is 11.2. The van der Waals surface area contributed by atoms with Gasteiger partial charge < -0.3 is 20.1 Å². The summed E-state index contributed by atoms with van der Waals surface area (Å²) in [5.41, 5.74) is 0.964. The Bertz CT molecular complexity index is 455. The van der Waals surface area contributed by atoms with Crippen LogP contribution >= 0.6 is 11.8 Å². The lowest BCUT2D eigenvalue weighted by atomic mass is 10.3. The highest BCUT2D eigenvalue weighted by molar-refractivity contribution is 7.98. The second-order valence-electron chi connectivity index (χ2n) is 5.05. The third-order valence-electron chi connectivity index (χ3n) is 3.15. The topological polar surface area (TPSA) is 54.9 Å². The van der Waals surface area contributed by atoms with Gasteiger partial charge in [-0.2, -0.15) is 11.8 Å². The summed E-state index contributed by atoms with van der Waals surface area (Å²) in [6, 6.07) is 7.91. The number of hydrogen-bond acceptors (Lipinski definition) is 4. The molecule has 0 aliphatic rings. The number of rotatable bonds is 11. The average Bonchev–Trinajstić information content (AvgIpc) is 2.58. The second-order valence-corrected chi connectivity index (χ2v) is 6.03. The Hall–Kier alpha value is -1.40. The van der Waals surface area contributed by atoms with Gasteiger partial charge in [0.25, 0.3) is 0 Å². The van der Waals surface area contributed by atoms with Crippen LogP contribution in [0, 0.1) is 0 Å². The van der Waals surface area contributed by atoms with Crippen LogP contribution in [-0.2, 0) is 4.74 Å². The summed E-state index contributed by atoms with van der Waals surface area (Å²) in [6.45, 7) is 2.29. The molecule has 130 valence electrons. The minimum Gasteiger partial charge on any atom is -0.493 e. The Morgan fingerprint density at radius 2 is 2.09 bits per heavy atom. The molecule has 0 saturated heterocycles. The summed E-state index contributed by atoms with van der Waals surface area (Å²) < 4.78 is 10.7. The molecule has 0 aliphatic carbocycles. The average molecular weight is 340 g/mol. The van der Waals surface area contributed by atoms with Crippen LogP contribution in [0.4, 0.5) is 5.69 Å². The molecule has 0 amide bonds. The number of guanidine groups is 1. The molecule has 6 heteroatoms. The first-order valence-electron chi connectivity index (χ1n) is 7.98. The minimum absolute atomic E-state index is 0.652. The molecule has 23 heavy (non-hydrogen) atoms. The third-order valence-corrected chi connectivity index (χ3v) is 3.85. The van der Waals surface area contributed by atoms with Crippen LogP contribution < -0.4 is 15.4 Å². The number of nitrogens with one attached hydrogen (secondary N) is 2. The van der Waals surface area contributed by atoms with E-state index in [1.54, 1.807) is 14.2 Å². The molecular weight excluding hydrogens is 310 g/mol. The van der Waals surface area contributed by atoms with Gasteiger partial charge in [0.1, 0.15) is 5.75 Å². The zero-order chi connectivity index (χ0) is 16.8. The fraction of sp³-hybridized carbons (Fsp3) is 0.588. The van der Waals surface area contributed by atoms with Crippen LogP contribution in [-0.4, -0.2) is 51.9 Å². The summed E-state index contributed by atoms with van der Waals surface area (Å²) in [5, 5.41) is 6.62. The van der Waals surface area contributed by atoms with Gasteiger partial charge in [-0.25, -0.2) is 0 Å². The summed E-state index contributed by atoms with van der Waals surface area (Å²) in [5.74, 6) is 2.84. The Balaban J connectivity index is 2.38. The number of anilines is 1. The first-order valence-corrected chi connectivity index (χ1v) is 9.38. The van der Waals surface area contributed by atoms with E-state index in [2.05, 4.69) is 21.9 Å². The largest absolute Gasteiger partial charge is 0.493 e. The van der Waals surface area contributed by atoms with Gasteiger partial charge in [-0.3, -0.25) is 4.99 Å². The Labute approximate surface area is 144 Å². The van der Waals surface area contributed by atoms with Crippen molar-refractivity contribution in [1.29, 1.82) is 0 Å². The maximum Gasteiger partial charge on any atom is 0.195 e. The van der Waals surface area contributed by atoms with Gasteiger partial charge in [-0.1, -0.05) is 6.07 Å². The number of aliphatic imine (C=N–C) groups is 1. The van der Waals surface area contributed by atoms with E-state index in [1.165, 1.54) is 12.2 Å². The number of thioether (sulfide) groups is 1. The standard InChI is InChI=1S/C17H29N3O2S/c1-18-17(19-10-4-5-13-23-3)20-15-8-6-9-16(14-15)22-12-7-11-21-2/h6,8-9,14H,4-5,7,10-13H2,1-3H3,(H2,18,19,20). The van der Waals surface area contributed by atoms with E-state index in [0.29, 0.717) is 13.2 Å². The molecular formula is C17H29N3O2S. The minimum atomic E-state index is 0.652. The van der Waals surface area contributed by atoms with E-state index >= 15 is 0 Å². The van der Waals surface area contributed by atoms with E-state index in [-0.39, 0.29) is 0 Å². The van der Waals surface area contributed by atoms with Gasteiger partial charge in [0.05, 0.1) is 6.61 Å². The van der Waals surface area contributed by atoms with Gasteiger partial charge in [0, 0.05) is 45.5 Å². The number of nitrogens with zero attached hydrogens (tertiary/aromatic N) is 1. The number of benzene rings is 1. The molecule has 0 radical (unpaired) electrons. The molecule has 0 bridgehead atoms.